The van der Waals surface area contributed by atoms with Crippen LogP contribution >= 0.6 is 0 Å². The fraction of sp³-hybridized carbons (Fsp3) is 0.0137. The molecule has 1 aliphatic carbocycles. The van der Waals surface area contributed by atoms with E-state index in [-0.39, 0.29) is 0 Å². The number of aromatic nitrogens is 1. The smallest absolute Gasteiger partial charge is 0.135 e. The van der Waals surface area contributed by atoms with Crippen molar-refractivity contribution < 1.29 is 4.42 Å². The Morgan fingerprint density at radius 3 is 1.75 bits per heavy atom. The van der Waals surface area contributed by atoms with E-state index in [9.17, 15) is 0 Å². The summed E-state index contributed by atoms with van der Waals surface area (Å²) in [5.74, 6) is 0. The lowest BCUT2D eigenvalue weighted by Gasteiger charge is -2.39. The molecule has 0 bridgehead atoms. The molecule has 0 amide bonds. The first-order chi connectivity index (χ1) is 37.7. The Hall–Kier alpha value is -9.96. The van der Waals surface area contributed by atoms with Gasteiger partial charge in [0.05, 0.1) is 27.8 Å². The van der Waals surface area contributed by atoms with Gasteiger partial charge < -0.3 is 13.9 Å². The molecule has 0 N–H and O–H groups in total. The third-order valence-electron chi connectivity index (χ3n) is 16.4. The summed E-state index contributed by atoms with van der Waals surface area (Å²) in [6, 6.07) is 103. The largest absolute Gasteiger partial charge is 0.456 e. The topological polar surface area (TPSA) is 21.3 Å². The van der Waals surface area contributed by atoms with Crippen LogP contribution in [0.4, 0.5) is 17.1 Å². The molecule has 2 aromatic heterocycles. The number of nitrogens with zero attached hydrogens (tertiary/aromatic N) is 2. The molecule has 12 aromatic carbocycles. The number of hydrogen-bond acceptors (Lipinski definition) is 2. The first-order valence-corrected chi connectivity index (χ1v) is 26.2. The van der Waals surface area contributed by atoms with Crippen LogP contribution in [0, 0.1) is 0 Å². The molecule has 3 heteroatoms. The summed E-state index contributed by atoms with van der Waals surface area (Å²) >= 11 is 0. The van der Waals surface area contributed by atoms with Gasteiger partial charge in [0.1, 0.15) is 11.2 Å². The molecule has 0 saturated heterocycles. The maximum atomic E-state index is 6.22. The van der Waals surface area contributed by atoms with Gasteiger partial charge in [-0.05, 0) is 139 Å². The molecule has 14 aromatic rings. The highest BCUT2D eigenvalue weighted by molar-refractivity contribution is 6.13. The molecule has 1 aliphatic heterocycles. The van der Waals surface area contributed by atoms with Crippen molar-refractivity contribution in [1.29, 1.82) is 0 Å². The van der Waals surface area contributed by atoms with Gasteiger partial charge in [-0.25, -0.2) is 0 Å². The highest BCUT2D eigenvalue weighted by Gasteiger charge is 2.50. The van der Waals surface area contributed by atoms with Crippen LogP contribution in [-0.4, -0.2) is 4.57 Å². The summed E-state index contributed by atoms with van der Waals surface area (Å²) in [7, 11) is 0. The predicted molar refractivity (Wildman–Crippen MR) is 315 cm³/mol. The SMILES string of the molecule is c1ccc(-c2ccc(-c3ccccc3N(c3ccc(-c4ccc5oc6ccccc6c5c4)cc3)c3cccc(-c4ccc5c(c4)C4(c6ccccc6-5)c5ccccc5-n5c6ccccc6c6cccc4c65)c3)cc2)cc1. The number of para-hydroxylation sites is 5. The quantitative estimate of drug-likeness (QED) is 0.159. The normalized spacial score (nSPS) is 14.1. The van der Waals surface area contributed by atoms with Crippen LogP contribution in [0.1, 0.15) is 22.3 Å². The first-order valence-electron chi connectivity index (χ1n) is 26.2. The van der Waals surface area contributed by atoms with E-state index >= 15 is 0 Å². The Balaban J connectivity index is 0.864. The van der Waals surface area contributed by atoms with Crippen molar-refractivity contribution in [1.82, 2.24) is 4.57 Å². The van der Waals surface area contributed by atoms with Crippen LogP contribution < -0.4 is 4.90 Å². The van der Waals surface area contributed by atoms with Gasteiger partial charge >= 0.3 is 0 Å². The average molecular weight is 967 g/mol. The molecule has 0 saturated carbocycles. The van der Waals surface area contributed by atoms with Gasteiger partial charge in [0.25, 0.3) is 0 Å². The lowest BCUT2D eigenvalue weighted by atomic mass is 9.65. The molecule has 0 fully saturated rings. The van der Waals surface area contributed by atoms with Crippen molar-refractivity contribution in [2.75, 3.05) is 4.90 Å². The fourth-order valence-electron chi connectivity index (χ4n) is 13.1. The van der Waals surface area contributed by atoms with Crippen LogP contribution in [0.25, 0.3) is 105 Å². The third kappa shape index (κ3) is 6.17. The molecule has 0 radical (unpaired) electrons. The van der Waals surface area contributed by atoms with E-state index in [1.807, 2.05) is 12.1 Å². The number of hydrogen-bond donors (Lipinski definition) is 0. The van der Waals surface area contributed by atoms with Gasteiger partial charge in [-0.15, -0.1) is 0 Å². The Bertz CT molecular complexity index is 4640. The van der Waals surface area contributed by atoms with Gasteiger partial charge in [0.15, 0.2) is 0 Å². The molecule has 1 unspecified atom stereocenters. The van der Waals surface area contributed by atoms with E-state index in [1.165, 1.54) is 77.6 Å². The number of anilines is 3. The molecule has 354 valence electrons. The molecule has 1 atom stereocenters. The molecule has 16 rings (SSSR count). The Labute approximate surface area is 440 Å². The van der Waals surface area contributed by atoms with Gasteiger partial charge in [0, 0.05) is 38.5 Å². The lowest BCUT2D eigenvalue weighted by Crippen LogP contribution is -2.33. The molecule has 1 spiro atoms. The van der Waals surface area contributed by atoms with Crippen molar-refractivity contribution in [3.63, 3.8) is 0 Å². The van der Waals surface area contributed by atoms with E-state index < -0.39 is 5.41 Å². The Kier molecular flexibility index (Phi) is 9.25. The fourth-order valence-corrected chi connectivity index (χ4v) is 13.1. The van der Waals surface area contributed by atoms with Crippen molar-refractivity contribution in [2.45, 2.75) is 5.41 Å². The van der Waals surface area contributed by atoms with Crippen LogP contribution in [0.15, 0.2) is 283 Å². The van der Waals surface area contributed by atoms with E-state index in [4.69, 9.17) is 4.42 Å². The summed E-state index contributed by atoms with van der Waals surface area (Å²) < 4.78 is 8.74. The van der Waals surface area contributed by atoms with E-state index in [0.717, 1.165) is 66.8 Å². The number of benzene rings is 12. The minimum Gasteiger partial charge on any atom is -0.456 e. The van der Waals surface area contributed by atoms with E-state index in [2.05, 4.69) is 276 Å². The average Bonchev–Trinajstić information content (AvgIpc) is 4.18. The van der Waals surface area contributed by atoms with E-state index in [0.29, 0.717) is 0 Å². The second-order valence-corrected chi connectivity index (χ2v) is 20.3. The minimum atomic E-state index is -0.544. The van der Waals surface area contributed by atoms with Crippen LogP contribution in [0.2, 0.25) is 0 Å². The second-order valence-electron chi connectivity index (χ2n) is 20.3. The van der Waals surface area contributed by atoms with Gasteiger partial charge in [-0.2, -0.15) is 0 Å². The zero-order chi connectivity index (χ0) is 49.9. The maximum absolute atomic E-state index is 6.22. The van der Waals surface area contributed by atoms with Crippen LogP contribution in [0.3, 0.4) is 0 Å². The molecular weight excluding hydrogens is 921 g/mol. The minimum absolute atomic E-state index is 0.544. The van der Waals surface area contributed by atoms with Gasteiger partial charge in [-0.1, -0.05) is 212 Å². The van der Waals surface area contributed by atoms with Gasteiger partial charge in [0.2, 0.25) is 0 Å². The third-order valence-corrected chi connectivity index (χ3v) is 16.4. The summed E-state index contributed by atoms with van der Waals surface area (Å²) in [6.45, 7) is 0. The van der Waals surface area contributed by atoms with Crippen molar-refractivity contribution in [3.8, 4) is 61.3 Å². The summed E-state index contributed by atoms with van der Waals surface area (Å²) in [5.41, 5.74) is 25.4. The van der Waals surface area contributed by atoms with Crippen molar-refractivity contribution >= 4 is 60.8 Å². The molecule has 3 heterocycles. The number of rotatable bonds is 7. The second kappa shape index (κ2) is 16.5. The van der Waals surface area contributed by atoms with Crippen LogP contribution in [-0.2, 0) is 5.41 Å². The standard InChI is InChI=1S/C73H46N2O/c1-2-16-47(17-3-1)48-32-34-50(35-33-48)56-20-5-10-28-67(56)74(54-40-36-49(37-41-54)52-39-43-71-62(45-52)60-23-7-13-31-70(60)76-71)55-19-14-18-51(44-55)53-38-42-58-57-21-4-8-25-63(57)73(66(58)46-53)64-26-9-12-30-69(64)75-68-29-11-6-22-59(68)61-24-15-27-65(73)72(61)75/h1-46H. The van der Waals surface area contributed by atoms with Crippen molar-refractivity contribution in [3.05, 3.63) is 301 Å². The zero-order valence-electron chi connectivity index (χ0n) is 41.4. The zero-order valence-corrected chi connectivity index (χ0v) is 41.4. The summed E-state index contributed by atoms with van der Waals surface area (Å²) in [6.07, 6.45) is 0. The predicted octanol–water partition coefficient (Wildman–Crippen LogP) is 19.5. The lowest BCUT2D eigenvalue weighted by molar-refractivity contribution is 0.669. The number of furan rings is 1. The maximum Gasteiger partial charge on any atom is 0.135 e. The Morgan fingerprint density at radius 1 is 0.303 bits per heavy atom. The highest BCUT2D eigenvalue weighted by Crippen LogP contribution is 2.61. The Morgan fingerprint density at radius 2 is 0.868 bits per heavy atom. The number of fused-ring (bicyclic) bond motifs is 15. The monoisotopic (exact) mass is 966 g/mol. The highest BCUT2D eigenvalue weighted by atomic mass is 16.3. The van der Waals surface area contributed by atoms with Crippen LogP contribution in [0.5, 0.6) is 0 Å². The first kappa shape index (κ1) is 42.5. The molecule has 76 heavy (non-hydrogen) atoms. The summed E-state index contributed by atoms with van der Waals surface area (Å²) in [5, 5.41) is 4.81. The van der Waals surface area contributed by atoms with E-state index in [1.54, 1.807) is 0 Å². The molecule has 2 aliphatic rings. The molecular formula is C73H46N2O. The van der Waals surface area contributed by atoms with Gasteiger partial charge in [-0.3, -0.25) is 0 Å². The molecule has 3 nitrogen and oxygen atoms in total. The van der Waals surface area contributed by atoms with Crippen molar-refractivity contribution in [2.24, 2.45) is 0 Å². The summed E-state index contributed by atoms with van der Waals surface area (Å²) in [4.78, 5) is 2.43.